The molecule has 0 aliphatic heterocycles. The summed E-state index contributed by atoms with van der Waals surface area (Å²) in [4.78, 5) is 23.3. The fraction of sp³-hybridized carbons (Fsp3) is 0.176. The number of aliphatic carboxylic acids is 1. The van der Waals surface area contributed by atoms with Gasteiger partial charge in [0.05, 0.1) is 0 Å². The summed E-state index contributed by atoms with van der Waals surface area (Å²) in [6.07, 6.45) is 0. The first-order valence-electron chi connectivity index (χ1n) is 6.72. The van der Waals surface area contributed by atoms with Crippen LogP contribution in [-0.2, 0) is 4.79 Å². The van der Waals surface area contributed by atoms with Gasteiger partial charge in [0.25, 0.3) is 0 Å². The second kappa shape index (κ2) is 5.89. The monoisotopic (exact) mass is 299 g/mol. The van der Waals surface area contributed by atoms with Crippen LogP contribution in [0.4, 0.5) is 5.69 Å². The van der Waals surface area contributed by atoms with Gasteiger partial charge in [-0.3, -0.25) is 4.79 Å². The summed E-state index contributed by atoms with van der Waals surface area (Å²) in [6.45, 7) is 2.92. The predicted octanol–water partition coefficient (Wildman–Crippen LogP) is 2.74. The van der Waals surface area contributed by atoms with Gasteiger partial charge < -0.3 is 15.6 Å². The molecule has 2 aromatic carbocycles. The molecule has 0 saturated heterocycles. The van der Waals surface area contributed by atoms with E-state index >= 15 is 0 Å². The molecule has 0 spiro atoms. The SMILES string of the molecule is CC(C)(Oc1ccc(C(=O)c2ccc(N)cc2)cc1)C(=O)O. The topological polar surface area (TPSA) is 89.6 Å². The van der Waals surface area contributed by atoms with Crippen LogP contribution in [0.2, 0.25) is 0 Å². The second-order valence-corrected chi connectivity index (χ2v) is 5.39. The normalized spacial score (nSPS) is 11.0. The first-order valence-corrected chi connectivity index (χ1v) is 6.72. The molecule has 0 bridgehead atoms. The highest BCUT2D eigenvalue weighted by molar-refractivity contribution is 6.09. The fourth-order valence-corrected chi connectivity index (χ4v) is 1.81. The van der Waals surface area contributed by atoms with Crippen LogP contribution in [0.1, 0.15) is 29.8 Å². The third-order valence-electron chi connectivity index (χ3n) is 3.18. The predicted molar refractivity (Wildman–Crippen MR) is 83.1 cm³/mol. The Morgan fingerprint density at radius 1 is 0.955 bits per heavy atom. The molecular formula is C17H17NO4. The largest absolute Gasteiger partial charge is 0.478 e. The Balaban J connectivity index is 2.16. The van der Waals surface area contributed by atoms with Gasteiger partial charge in [0, 0.05) is 16.8 Å². The maximum Gasteiger partial charge on any atom is 0.347 e. The number of benzene rings is 2. The number of carboxylic acids is 1. The summed E-state index contributed by atoms with van der Waals surface area (Å²) in [6, 6.07) is 13.0. The van der Waals surface area contributed by atoms with Crippen LogP contribution in [0.5, 0.6) is 5.75 Å². The van der Waals surface area contributed by atoms with Crippen molar-refractivity contribution >= 4 is 17.4 Å². The summed E-state index contributed by atoms with van der Waals surface area (Å²) in [5, 5.41) is 9.03. The number of ketones is 1. The lowest BCUT2D eigenvalue weighted by atomic mass is 10.0. The molecule has 0 aliphatic rings. The minimum absolute atomic E-state index is 0.135. The minimum Gasteiger partial charge on any atom is -0.478 e. The van der Waals surface area contributed by atoms with E-state index in [1.54, 1.807) is 48.5 Å². The molecule has 0 aliphatic carbocycles. The Morgan fingerprint density at radius 3 is 1.86 bits per heavy atom. The third-order valence-corrected chi connectivity index (χ3v) is 3.18. The highest BCUT2D eigenvalue weighted by Crippen LogP contribution is 2.20. The number of carboxylic acid groups (broad SMARTS) is 1. The molecule has 0 saturated carbocycles. The molecule has 5 heteroatoms. The zero-order chi connectivity index (χ0) is 16.3. The summed E-state index contributed by atoms with van der Waals surface area (Å²) >= 11 is 0. The third kappa shape index (κ3) is 3.44. The lowest BCUT2D eigenvalue weighted by molar-refractivity contribution is -0.152. The molecule has 0 heterocycles. The molecule has 0 unspecified atom stereocenters. The number of hydrogen-bond donors (Lipinski definition) is 2. The van der Waals surface area contributed by atoms with Gasteiger partial charge in [0.2, 0.25) is 0 Å². The number of anilines is 1. The second-order valence-electron chi connectivity index (χ2n) is 5.39. The van der Waals surface area contributed by atoms with Crippen molar-refractivity contribution in [3.8, 4) is 5.75 Å². The molecule has 0 aromatic heterocycles. The number of rotatable bonds is 5. The van der Waals surface area contributed by atoms with Gasteiger partial charge in [-0.25, -0.2) is 4.79 Å². The Kier molecular flexibility index (Phi) is 4.17. The van der Waals surface area contributed by atoms with Crippen LogP contribution in [0.25, 0.3) is 0 Å². The van der Waals surface area contributed by atoms with E-state index < -0.39 is 11.6 Å². The molecule has 2 aromatic rings. The molecule has 2 rings (SSSR count). The Labute approximate surface area is 128 Å². The van der Waals surface area contributed by atoms with Crippen molar-refractivity contribution in [1.82, 2.24) is 0 Å². The Morgan fingerprint density at radius 2 is 1.41 bits per heavy atom. The molecule has 0 radical (unpaired) electrons. The standard InChI is InChI=1S/C17H17NO4/c1-17(2,16(20)21)22-14-9-5-12(6-10-14)15(19)11-3-7-13(18)8-4-11/h3-10H,18H2,1-2H3,(H,20,21). The van der Waals surface area contributed by atoms with E-state index in [-0.39, 0.29) is 5.78 Å². The number of nitrogens with two attached hydrogens (primary N) is 1. The Bertz CT molecular complexity index is 688. The van der Waals surface area contributed by atoms with Crippen LogP contribution in [0, 0.1) is 0 Å². The molecule has 114 valence electrons. The summed E-state index contributed by atoms with van der Waals surface area (Å²) < 4.78 is 5.39. The van der Waals surface area contributed by atoms with Gasteiger partial charge in [-0.1, -0.05) is 0 Å². The smallest absolute Gasteiger partial charge is 0.347 e. The van der Waals surface area contributed by atoms with Gasteiger partial charge in [0.15, 0.2) is 11.4 Å². The lowest BCUT2D eigenvalue weighted by Crippen LogP contribution is -2.37. The van der Waals surface area contributed by atoms with Crippen molar-refractivity contribution in [1.29, 1.82) is 0 Å². The number of nitrogen functional groups attached to an aromatic ring is 1. The quantitative estimate of drug-likeness (QED) is 0.654. The lowest BCUT2D eigenvalue weighted by Gasteiger charge is -2.21. The molecule has 0 fully saturated rings. The zero-order valence-corrected chi connectivity index (χ0v) is 12.4. The van der Waals surface area contributed by atoms with Gasteiger partial charge in [-0.05, 0) is 62.4 Å². The summed E-state index contributed by atoms with van der Waals surface area (Å²) in [5.41, 5.74) is 5.88. The van der Waals surface area contributed by atoms with E-state index in [1.165, 1.54) is 13.8 Å². The number of carbonyl (C=O) groups is 2. The highest BCUT2D eigenvalue weighted by atomic mass is 16.5. The maximum absolute atomic E-state index is 12.3. The van der Waals surface area contributed by atoms with Gasteiger partial charge in [-0.15, -0.1) is 0 Å². The van der Waals surface area contributed by atoms with Crippen LogP contribution < -0.4 is 10.5 Å². The summed E-state index contributed by atoms with van der Waals surface area (Å²) in [7, 11) is 0. The molecular weight excluding hydrogens is 282 g/mol. The van der Waals surface area contributed by atoms with Crippen molar-refractivity contribution < 1.29 is 19.4 Å². The molecule has 0 amide bonds. The van der Waals surface area contributed by atoms with Crippen molar-refractivity contribution in [2.45, 2.75) is 19.4 Å². The van der Waals surface area contributed by atoms with Gasteiger partial charge in [0.1, 0.15) is 5.75 Å². The fourth-order valence-electron chi connectivity index (χ4n) is 1.81. The van der Waals surface area contributed by atoms with E-state index in [9.17, 15) is 9.59 Å². The minimum atomic E-state index is -1.33. The van der Waals surface area contributed by atoms with Gasteiger partial charge in [-0.2, -0.15) is 0 Å². The van der Waals surface area contributed by atoms with Crippen LogP contribution >= 0.6 is 0 Å². The number of hydrogen-bond acceptors (Lipinski definition) is 4. The molecule has 3 N–H and O–H groups in total. The van der Waals surface area contributed by atoms with Crippen molar-refractivity contribution in [3.05, 3.63) is 59.7 Å². The first kappa shape index (κ1) is 15.6. The number of ether oxygens (including phenoxy) is 1. The average Bonchev–Trinajstić information content (AvgIpc) is 2.47. The average molecular weight is 299 g/mol. The zero-order valence-electron chi connectivity index (χ0n) is 12.4. The molecule has 22 heavy (non-hydrogen) atoms. The van der Waals surface area contributed by atoms with Crippen LogP contribution in [0.15, 0.2) is 48.5 Å². The van der Waals surface area contributed by atoms with Crippen molar-refractivity contribution in [2.24, 2.45) is 0 Å². The molecule has 0 atom stereocenters. The van der Waals surface area contributed by atoms with Gasteiger partial charge >= 0.3 is 5.97 Å². The van der Waals surface area contributed by atoms with E-state index in [4.69, 9.17) is 15.6 Å². The summed E-state index contributed by atoms with van der Waals surface area (Å²) in [5.74, 6) is -0.806. The van der Waals surface area contributed by atoms with Crippen LogP contribution in [-0.4, -0.2) is 22.5 Å². The van der Waals surface area contributed by atoms with Crippen LogP contribution in [0.3, 0.4) is 0 Å². The highest BCUT2D eigenvalue weighted by Gasteiger charge is 2.29. The van der Waals surface area contributed by atoms with Crippen molar-refractivity contribution in [3.63, 3.8) is 0 Å². The van der Waals surface area contributed by atoms with E-state index in [0.29, 0.717) is 22.6 Å². The van der Waals surface area contributed by atoms with E-state index in [1.807, 2.05) is 0 Å². The Hall–Kier alpha value is -2.82. The number of carbonyl (C=O) groups excluding carboxylic acids is 1. The van der Waals surface area contributed by atoms with E-state index in [0.717, 1.165) is 0 Å². The first-order chi connectivity index (χ1) is 10.3. The molecule has 5 nitrogen and oxygen atoms in total. The maximum atomic E-state index is 12.3. The van der Waals surface area contributed by atoms with E-state index in [2.05, 4.69) is 0 Å². The van der Waals surface area contributed by atoms with Crippen molar-refractivity contribution in [2.75, 3.05) is 5.73 Å².